The molecule has 0 unspecified atom stereocenters. The fourth-order valence-electron chi connectivity index (χ4n) is 2.41. The molecule has 0 saturated heterocycles. The first-order chi connectivity index (χ1) is 12.7. The van der Waals surface area contributed by atoms with Crippen LogP contribution in [0.4, 0.5) is 5.69 Å². The van der Waals surface area contributed by atoms with Gasteiger partial charge in [-0.15, -0.1) is 0 Å². The van der Waals surface area contributed by atoms with E-state index in [0.717, 1.165) is 23.5 Å². The highest BCUT2D eigenvalue weighted by atomic mass is 16.5. The summed E-state index contributed by atoms with van der Waals surface area (Å²) in [5.74, 6) is 2.93. The molecule has 6 nitrogen and oxygen atoms in total. The molecule has 0 heterocycles. The number of nitrogens with zero attached hydrogens (tertiary/aromatic N) is 1. The van der Waals surface area contributed by atoms with Gasteiger partial charge in [0.15, 0.2) is 17.5 Å². The molecule has 0 atom stereocenters. The van der Waals surface area contributed by atoms with Crippen molar-refractivity contribution >= 4 is 11.6 Å². The molecule has 0 bridgehead atoms. The van der Waals surface area contributed by atoms with E-state index in [-0.39, 0.29) is 0 Å². The smallest absolute Gasteiger partial charge is 0.196 e. The van der Waals surface area contributed by atoms with Crippen molar-refractivity contribution in [2.45, 2.75) is 20.4 Å². The molecular weight excluding hydrogens is 330 g/mol. The van der Waals surface area contributed by atoms with Gasteiger partial charge >= 0.3 is 0 Å². The molecule has 0 saturated carbocycles. The highest BCUT2D eigenvalue weighted by molar-refractivity contribution is 5.93. The average molecular weight is 357 g/mol. The van der Waals surface area contributed by atoms with Crippen LogP contribution in [0.5, 0.6) is 17.2 Å². The summed E-state index contributed by atoms with van der Waals surface area (Å²) in [6, 6.07) is 13.6. The second-order valence-electron chi connectivity index (χ2n) is 5.47. The Hall–Kier alpha value is -2.89. The van der Waals surface area contributed by atoms with Crippen molar-refractivity contribution in [2.75, 3.05) is 32.7 Å². The van der Waals surface area contributed by atoms with Gasteiger partial charge in [0.05, 0.1) is 27.4 Å². The van der Waals surface area contributed by atoms with Crippen molar-refractivity contribution in [3.05, 3.63) is 48.0 Å². The predicted octanol–water partition coefficient (Wildman–Crippen LogP) is 3.68. The minimum absolute atomic E-state index is 0.543. The van der Waals surface area contributed by atoms with Gasteiger partial charge in [0.1, 0.15) is 5.75 Å². The fourth-order valence-corrected chi connectivity index (χ4v) is 2.41. The number of aliphatic imine (C=N–C) groups is 1. The number of nitrogens with one attached hydrogen (secondary N) is 2. The summed E-state index contributed by atoms with van der Waals surface area (Å²) in [5, 5.41) is 6.55. The Bertz CT molecular complexity index is 732. The molecule has 0 aliphatic heterocycles. The lowest BCUT2D eigenvalue weighted by Gasteiger charge is -2.14. The maximum atomic E-state index is 5.63. The second kappa shape index (κ2) is 10.2. The van der Waals surface area contributed by atoms with Crippen molar-refractivity contribution < 1.29 is 14.2 Å². The van der Waals surface area contributed by atoms with Crippen LogP contribution in [0.15, 0.2) is 47.5 Å². The Balaban J connectivity index is 2.15. The molecule has 0 fully saturated rings. The molecule has 26 heavy (non-hydrogen) atoms. The Morgan fingerprint density at radius 1 is 1.00 bits per heavy atom. The molecule has 0 spiro atoms. The number of benzene rings is 2. The van der Waals surface area contributed by atoms with Gasteiger partial charge in [0.2, 0.25) is 0 Å². The maximum absolute atomic E-state index is 5.63. The quantitative estimate of drug-likeness (QED) is 0.557. The second-order valence-corrected chi connectivity index (χ2v) is 5.47. The van der Waals surface area contributed by atoms with Crippen molar-refractivity contribution in [1.82, 2.24) is 5.32 Å². The van der Waals surface area contributed by atoms with Crippen LogP contribution >= 0.6 is 0 Å². The van der Waals surface area contributed by atoms with Gasteiger partial charge in [-0.3, -0.25) is 0 Å². The molecule has 0 amide bonds. The van der Waals surface area contributed by atoms with Gasteiger partial charge in [0, 0.05) is 18.3 Å². The molecule has 140 valence electrons. The van der Waals surface area contributed by atoms with Crippen molar-refractivity contribution in [3.8, 4) is 17.2 Å². The number of methoxy groups -OCH3 is 2. The van der Waals surface area contributed by atoms with E-state index in [4.69, 9.17) is 14.2 Å². The SMILES string of the molecule is CCNC(=NCc1cccc(OC)c1)Nc1ccc(OC)c(OCC)c1. The number of rotatable bonds is 8. The van der Waals surface area contributed by atoms with Gasteiger partial charge in [-0.1, -0.05) is 12.1 Å². The van der Waals surface area contributed by atoms with Gasteiger partial charge in [0.25, 0.3) is 0 Å². The molecule has 2 rings (SSSR count). The molecule has 0 aromatic heterocycles. The van der Waals surface area contributed by atoms with Crippen LogP contribution in [0.2, 0.25) is 0 Å². The van der Waals surface area contributed by atoms with Gasteiger partial charge < -0.3 is 24.8 Å². The lowest BCUT2D eigenvalue weighted by Crippen LogP contribution is -2.30. The standard InChI is InChI=1S/C20H27N3O3/c1-5-21-20(22-14-15-8-7-9-17(12-15)24-3)23-16-10-11-18(25-4)19(13-16)26-6-2/h7-13H,5-6,14H2,1-4H3,(H2,21,22,23). The first-order valence-corrected chi connectivity index (χ1v) is 8.69. The molecule has 2 aromatic carbocycles. The van der Waals surface area contributed by atoms with Crippen LogP contribution in [-0.4, -0.2) is 33.3 Å². The Morgan fingerprint density at radius 2 is 1.85 bits per heavy atom. The fraction of sp³-hybridized carbons (Fsp3) is 0.350. The first-order valence-electron chi connectivity index (χ1n) is 8.69. The summed E-state index contributed by atoms with van der Waals surface area (Å²) < 4.78 is 16.2. The molecule has 0 aliphatic rings. The Labute approximate surface area is 155 Å². The average Bonchev–Trinajstić information content (AvgIpc) is 2.67. The third kappa shape index (κ3) is 5.58. The van der Waals surface area contributed by atoms with Crippen molar-refractivity contribution in [3.63, 3.8) is 0 Å². The highest BCUT2D eigenvalue weighted by Crippen LogP contribution is 2.30. The van der Waals surface area contributed by atoms with Gasteiger partial charge in [-0.05, 0) is 43.7 Å². The lowest BCUT2D eigenvalue weighted by atomic mass is 10.2. The number of hydrogen-bond acceptors (Lipinski definition) is 4. The summed E-state index contributed by atoms with van der Waals surface area (Å²) in [6.45, 7) is 5.85. The Morgan fingerprint density at radius 3 is 2.54 bits per heavy atom. The zero-order valence-electron chi connectivity index (χ0n) is 15.8. The number of guanidine groups is 1. The van der Waals surface area contributed by atoms with E-state index in [0.29, 0.717) is 30.6 Å². The van der Waals surface area contributed by atoms with Crippen LogP contribution in [0.3, 0.4) is 0 Å². The minimum atomic E-state index is 0.543. The maximum Gasteiger partial charge on any atom is 0.196 e. The van der Waals surface area contributed by atoms with E-state index in [1.54, 1.807) is 14.2 Å². The Kier molecular flexibility index (Phi) is 7.61. The van der Waals surface area contributed by atoms with E-state index in [2.05, 4.69) is 15.6 Å². The van der Waals surface area contributed by atoms with Crippen molar-refractivity contribution in [1.29, 1.82) is 0 Å². The molecule has 0 aliphatic carbocycles. The predicted molar refractivity (Wildman–Crippen MR) is 106 cm³/mol. The molecule has 2 N–H and O–H groups in total. The molecule has 0 radical (unpaired) electrons. The zero-order chi connectivity index (χ0) is 18.8. The van der Waals surface area contributed by atoms with E-state index in [1.807, 2.05) is 56.3 Å². The van der Waals surface area contributed by atoms with Crippen molar-refractivity contribution in [2.24, 2.45) is 4.99 Å². The third-order valence-electron chi connectivity index (χ3n) is 3.62. The van der Waals surface area contributed by atoms with Gasteiger partial charge in [-0.2, -0.15) is 0 Å². The highest BCUT2D eigenvalue weighted by Gasteiger charge is 2.07. The largest absolute Gasteiger partial charge is 0.497 e. The van der Waals surface area contributed by atoms with E-state index in [9.17, 15) is 0 Å². The van der Waals surface area contributed by atoms with Crippen LogP contribution in [0.1, 0.15) is 19.4 Å². The summed E-state index contributed by atoms with van der Waals surface area (Å²) in [4.78, 5) is 4.64. The summed E-state index contributed by atoms with van der Waals surface area (Å²) in [5.41, 5.74) is 1.95. The van der Waals surface area contributed by atoms with Crippen LogP contribution in [0, 0.1) is 0 Å². The number of hydrogen-bond donors (Lipinski definition) is 2. The topological polar surface area (TPSA) is 64.1 Å². The molecule has 2 aromatic rings. The minimum Gasteiger partial charge on any atom is -0.497 e. The summed E-state index contributed by atoms with van der Waals surface area (Å²) >= 11 is 0. The van der Waals surface area contributed by atoms with Crippen LogP contribution in [0.25, 0.3) is 0 Å². The van der Waals surface area contributed by atoms with Gasteiger partial charge in [-0.25, -0.2) is 4.99 Å². The third-order valence-corrected chi connectivity index (χ3v) is 3.62. The van der Waals surface area contributed by atoms with E-state index < -0.39 is 0 Å². The van der Waals surface area contributed by atoms with Crippen LogP contribution in [-0.2, 0) is 6.54 Å². The lowest BCUT2D eigenvalue weighted by molar-refractivity contribution is 0.311. The monoisotopic (exact) mass is 357 g/mol. The number of ether oxygens (including phenoxy) is 3. The molecule has 6 heteroatoms. The normalized spacial score (nSPS) is 11.0. The first kappa shape index (κ1) is 19.4. The summed E-state index contributed by atoms with van der Waals surface area (Å²) in [7, 11) is 3.29. The van der Waals surface area contributed by atoms with Crippen LogP contribution < -0.4 is 24.8 Å². The van der Waals surface area contributed by atoms with E-state index >= 15 is 0 Å². The van der Waals surface area contributed by atoms with E-state index in [1.165, 1.54) is 0 Å². The summed E-state index contributed by atoms with van der Waals surface area (Å²) in [6.07, 6.45) is 0. The number of anilines is 1. The zero-order valence-corrected chi connectivity index (χ0v) is 15.8. The molecular formula is C20H27N3O3.